The number of piperidine rings is 1. The smallest absolute Gasteiger partial charge is 0.334 e. The van der Waals surface area contributed by atoms with Crippen LogP contribution in [0.1, 0.15) is 109 Å². The van der Waals surface area contributed by atoms with Crippen LogP contribution in [0.4, 0.5) is 0 Å². The highest BCUT2D eigenvalue weighted by molar-refractivity contribution is 6.01. The summed E-state index contributed by atoms with van der Waals surface area (Å²) in [6, 6.07) is 0. The van der Waals surface area contributed by atoms with Crippen LogP contribution < -0.4 is 0 Å². The third-order valence-electron chi connectivity index (χ3n) is 7.28. The molecule has 10 heteroatoms. The van der Waals surface area contributed by atoms with E-state index in [9.17, 15) is 14.4 Å². The topological polar surface area (TPSA) is 126 Å². The van der Waals surface area contributed by atoms with E-state index in [1.54, 1.807) is 0 Å². The number of hydrogen-bond acceptors (Lipinski definition) is 9. The number of aliphatic hydroxyl groups is 2. The van der Waals surface area contributed by atoms with Crippen LogP contribution in [0.2, 0.25) is 0 Å². The van der Waals surface area contributed by atoms with E-state index in [-0.39, 0.29) is 32.5 Å². The third kappa shape index (κ3) is 13.0. The zero-order chi connectivity index (χ0) is 27.5. The fourth-order valence-electron chi connectivity index (χ4n) is 4.86. The van der Waals surface area contributed by atoms with Crippen LogP contribution in [0, 0.1) is 0 Å². The molecule has 38 heavy (non-hydrogen) atoms. The molecule has 0 saturated carbocycles. The van der Waals surface area contributed by atoms with Crippen molar-refractivity contribution in [2.45, 2.75) is 115 Å². The molecule has 0 bridgehead atoms. The van der Waals surface area contributed by atoms with Gasteiger partial charge < -0.3 is 29.4 Å². The maximum absolute atomic E-state index is 12.2. The van der Waals surface area contributed by atoms with Gasteiger partial charge in [0.1, 0.15) is 0 Å². The van der Waals surface area contributed by atoms with Crippen LogP contribution in [0.5, 0.6) is 0 Å². The molecule has 2 saturated heterocycles. The molecule has 2 aliphatic rings. The van der Waals surface area contributed by atoms with Crippen molar-refractivity contribution >= 4 is 17.8 Å². The van der Waals surface area contributed by atoms with Crippen LogP contribution >= 0.6 is 0 Å². The van der Waals surface area contributed by atoms with Gasteiger partial charge in [-0.05, 0) is 25.7 Å². The summed E-state index contributed by atoms with van der Waals surface area (Å²) in [7, 11) is 0. The molecule has 10 nitrogen and oxygen atoms in total. The first-order valence-electron chi connectivity index (χ1n) is 14.8. The average molecular weight is 543 g/mol. The number of carbonyl (C=O) groups is 3. The van der Waals surface area contributed by atoms with Crippen LogP contribution in [0.3, 0.4) is 0 Å². The summed E-state index contributed by atoms with van der Waals surface area (Å²) in [6.45, 7) is 3.81. The summed E-state index contributed by atoms with van der Waals surface area (Å²) >= 11 is 0. The highest BCUT2D eigenvalue weighted by Gasteiger charge is 2.37. The second-order valence-corrected chi connectivity index (χ2v) is 10.4. The first kappa shape index (κ1) is 32.6. The lowest BCUT2D eigenvalue weighted by atomic mass is 10.0. The van der Waals surface area contributed by atoms with Gasteiger partial charge in [-0.15, -0.1) is 5.06 Å². The first-order chi connectivity index (χ1) is 18.5. The Bertz CT molecular complexity index is 644. The van der Waals surface area contributed by atoms with Gasteiger partial charge in [0.25, 0.3) is 11.8 Å². The molecule has 0 unspecified atom stereocenters. The Kier molecular flexibility index (Phi) is 16.7. The molecule has 0 radical (unpaired) electrons. The summed E-state index contributed by atoms with van der Waals surface area (Å²) in [4.78, 5) is 42.6. The van der Waals surface area contributed by atoms with Crippen molar-refractivity contribution in [3.8, 4) is 0 Å². The highest BCUT2D eigenvalue weighted by atomic mass is 16.7. The SMILES string of the molecule is O=C(CCN1CCC(OCCCCCCCCO)(OCCCCCCCCO)CC1)ON1C(=O)CCC1=O. The number of nitrogens with zero attached hydrogens (tertiary/aromatic N) is 2. The van der Waals surface area contributed by atoms with Gasteiger partial charge >= 0.3 is 5.97 Å². The molecular weight excluding hydrogens is 492 g/mol. The fourth-order valence-corrected chi connectivity index (χ4v) is 4.86. The highest BCUT2D eigenvalue weighted by Crippen LogP contribution is 2.29. The zero-order valence-electron chi connectivity index (χ0n) is 23.2. The third-order valence-corrected chi connectivity index (χ3v) is 7.28. The molecule has 0 aliphatic carbocycles. The fraction of sp³-hybridized carbons (Fsp3) is 0.893. The number of unbranched alkanes of at least 4 members (excludes halogenated alkanes) is 10. The van der Waals surface area contributed by atoms with Crippen LogP contribution in [-0.2, 0) is 28.7 Å². The van der Waals surface area contributed by atoms with Gasteiger partial charge in [-0.2, -0.15) is 0 Å². The van der Waals surface area contributed by atoms with Gasteiger partial charge in [0.05, 0.1) is 19.6 Å². The molecule has 2 heterocycles. The molecule has 0 atom stereocenters. The zero-order valence-corrected chi connectivity index (χ0v) is 23.2. The molecule has 0 spiro atoms. The van der Waals surface area contributed by atoms with Gasteiger partial charge in [-0.25, -0.2) is 4.79 Å². The van der Waals surface area contributed by atoms with Crippen molar-refractivity contribution in [3.63, 3.8) is 0 Å². The van der Waals surface area contributed by atoms with Gasteiger partial charge in [-0.3, -0.25) is 9.59 Å². The summed E-state index contributed by atoms with van der Waals surface area (Å²) in [5.74, 6) is -2.10. The Balaban J connectivity index is 1.71. The van der Waals surface area contributed by atoms with E-state index in [2.05, 4.69) is 4.90 Å². The molecule has 0 aromatic rings. The number of likely N-dealkylation sites (tertiary alicyclic amines) is 1. The van der Waals surface area contributed by atoms with E-state index in [1.807, 2.05) is 0 Å². The van der Waals surface area contributed by atoms with E-state index >= 15 is 0 Å². The van der Waals surface area contributed by atoms with E-state index in [0.29, 0.717) is 24.8 Å². The number of ether oxygens (including phenoxy) is 2. The monoisotopic (exact) mass is 542 g/mol. The van der Waals surface area contributed by atoms with E-state index in [4.69, 9.17) is 24.5 Å². The second kappa shape index (κ2) is 19.5. The van der Waals surface area contributed by atoms with Crippen molar-refractivity contribution in [1.82, 2.24) is 9.96 Å². The molecule has 2 fully saturated rings. The van der Waals surface area contributed by atoms with Gasteiger partial charge in [0, 0.05) is 58.5 Å². The normalized spacial score (nSPS) is 17.9. The van der Waals surface area contributed by atoms with Crippen LogP contribution in [0.25, 0.3) is 0 Å². The molecule has 2 amide bonds. The summed E-state index contributed by atoms with van der Waals surface area (Å²) in [5, 5.41) is 18.4. The van der Waals surface area contributed by atoms with Crippen LogP contribution in [-0.4, -0.2) is 89.8 Å². The number of imide groups is 1. The Morgan fingerprint density at radius 1 is 0.711 bits per heavy atom. The molecule has 2 N–H and O–H groups in total. The number of rotatable bonds is 22. The summed E-state index contributed by atoms with van der Waals surface area (Å²) in [5.41, 5.74) is 0. The van der Waals surface area contributed by atoms with E-state index in [1.165, 1.54) is 0 Å². The molecule has 0 aromatic heterocycles. The number of aliphatic hydroxyl groups excluding tert-OH is 2. The Morgan fingerprint density at radius 2 is 1.16 bits per heavy atom. The number of amides is 2. The average Bonchev–Trinajstić information content (AvgIpc) is 3.23. The predicted molar refractivity (Wildman–Crippen MR) is 142 cm³/mol. The molecular formula is C28H50N2O8. The second-order valence-electron chi connectivity index (χ2n) is 10.4. The van der Waals surface area contributed by atoms with Gasteiger partial charge in [-0.1, -0.05) is 51.4 Å². The lowest BCUT2D eigenvalue weighted by molar-refractivity contribution is -0.258. The Hall–Kier alpha value is -1.59. The van der Waals surface area contributed by atoms with Gasteiger partial charge in [0.15, 0.2) is 5.79 Å². The summed E-state index contributed by atoms with van der Waals surface area (Å²) < 4.78 is 12.7. The minimum Gasteiger partial charge on any atom is -0.396 e. The minimum absolute atomic E-state index is 0.0910. The minimum atomic E-state index is -0.598. The molecule has 2 aliphatic heterocycles. The number of hydroxylamine groups is 2. The quantitative estimate of drug-likeness (QED) is 0.120. The molecule has 2 rings (SSSR count). The lowest BCUT2D eigenvalue weighted by Crippen LogP contribution is -2.48. The van der Waals surface area contributed by atoms with Crippen molar-refractivity contribution in [2.24, 2.45) is 0 Å². The van der Waals surface area contributed by atoms with Crippen LogP contribution in [0.15, 0.2) is 0 Å². The maximum atomic E-state index is 12.2. The molecule has 0 aromatic carbocycles. The largest absolute Gasteiger partial charge is 0.396 e. The first-order valence-corrected chi connectivity index (χ1v) is 14.8. The van der Waals surface area contributed by atoms with Crippen molar-refractivity contribution in [3.05, 3.63) is 0 Å². The maximum Gasteiger partial charge on any atom is 0.334 e. The van der Waals surface area contributed by atoms with E-state index < -0.39 is 23.6 Å². The van der Waals surface area contributed by atoms with Crippen molar-refractivity contribution in [2.75, 3.05) is 46.1 Å². The molecule has 220 valence electrons. The van der Waals surface area contributed by atoms with Gasteiger partial charge in [0.2, 0.25) is 0 Å². The number of carbonyl (C=O) groups excluding carboxylic acids is 3. The standard InChI is InChI=1S/C28H50N2O8/c31-21-9-5-1-3-7-11-23-36-28(37-24-12-8-4-2-6-10-22-32)16-19-29(20-17-28)18-15-27(35)38-30-25(33)13-14-26(30)34/h31-32H,1-24H2. The van der Waals surface area contributed by atoms with Crippen molar-refractivity contribution in [1.29, 1.82) is 0 Å². The Labute approximate surface area is 227 Å². The Morgan fingerprint density at radius 3 is 1.63 bits per heavy atom. The van der Waals surface area contributed by atoms with Crippen molar-refractivity contribution < 1.29 is 38.9 Å². The van der Waals surface area contributed by atoms with E-state index in [0.717, 1.165) is 103 Å². The predicted octanol–water partition coefficient (Wildman–Crippen LogP) is 3.47. The lowest BCUT2D eigenvalue weighted by Gasteiger charge is -2.41. The summed E-state index contributed by atoms with van der Waals surface area (Å²) in [6.07, 6.45) is 14.4. The number of hydrogen-bond donors (Lipinski definition) is 2.